The third-order valence-electron chi connectivity index (χ3n) is 6.97. The Labute approximate surface area is 212 Å². The lowest BCUT2D eigenvalue weighted by molar-refractivity contribution is -0.135. The van der Waals surface area contributed by atoms with Gasteiger partial charge in [0, 0.05) is 12.5 Å². The largest absolute Gasteiger partial charge is 0.444 e. The Balaban J connectivity index is 1.43. The van der Waals surface area contributed by atoms with Crippen LogP contribution in [0, 0.1) is 28.6 Å². The fraction of sp³-hybridized carbons (Fsp3) is 0.448. The minimum Gasteiger partial charge on any atom is -0.444 e. The number of nitrogens with zero attached hydrogens (tertiary/aromatic N) is 3. The van der Waals surface area contributed by atoms with Crippen LogP contribution in [0.1, 0.15) is 57.6 Å². The number of hydrogen-bond acceptors (Lipinski definition) is 5. The lowest BCUT2D eigenvalue weighted by atomic mass is 9.74. The number of nitriles is 2. The molecule has 0 radical (unpaired) electrons. The van der Waals surface area contributed by atoms with Crippen LogP contribution in [0.15, 0.2) is 48.5 Å². The summed E-state index contributed by atoms with van der Waals surface area (Å²) in [7, 11) is 0. The molecule has 36 heavy (non-hydrogen) atoms. The van der Waals surface area contributed by atoms with Crippen LogP contribution < -0.4 is 5.32 Å². The van der Waals surface area contributed by atoms with Crippen LogP contribution in [0.2, 0.25) is 0 Å². The molecule has 2 aliphatic heterocycles. The fourth-order valence-electron chi connectivity index (χ4n) is 5.26. The number of piperidine rings is 2. The molecule has 0 aromatic heterocycles. The SMILES string of the molecule is CC(C)(C)OC(=O)N1C2CCC(CC2)[C@H]1C(=O)N[C@H](C#N)Cc1ccc(-c2ccc(C#N)cc2)cc1. The number of rotatable bonds is 5. The molecule has 2 aromatic rings. The highest BCUT2D eigenvalue weighted by Gasteiger charge is 2.49. The maximum absolute atomic E-state index is 13.4. The first-order valence-electron chi connectivity index (χ1n) is 12.5. The summed E-state index contributed by atoms with van der Waals surface area (Å²) in [4.78, 5) is 28.0. The number of ether oxygens (including phenoxy) is 1. The van der Waals surface area contributed by atoms with Gasteiger partial charge in [0.15, 0.2) is 0 Å². The summed E-state index contributed by atoms with van der Waals surface area (Å²) in [5.41, 5.74) is 2.90. The van der Waals surface area contributed by atoms with E-state index in [4.69, 9.17) is 10.00 Å². The summed E-state index contributed by atoms with van der Waals surface area (Å²) in [5, 5.41) is 21.6. The van der Waals surface area contributed by atoms with Crippen molar-refractivity contribution in [3.63, 3.8) is 0 Å². The Hall–Kier alpha value is -3.84. The molecule has 0 unspecified atom stereocenters. The molecule has 0 spiro atoms. The molecule has 2 atom stereocenters. The summed E-state index contributed by atoms with van der Waals surface area (Å²) in [5.74, 6) is -0.204. The van der Waals surface area contributed by atoms with Crippen molar-refractivity contribution in [1.82, 2.24) is 10.2 Å². The van der Waals surface area contributed by atoms with Crippen molar-refractivity contribution in [1.29, 1.82) is 10.5 Å². The minimum absolute atomic E-state index is 0.00379. The van der Waals surface area contributed by atoms with Gasteiger partial charge in [0.2, 0.25) is 5.91 Å². The van der Waals surface area contributed by atoms with Crippen molar-refractivity contribution < 1.29 is 14.3 Å². The van der Waals surface area contributed by atoms with E-state index in [1.54, 1.807) is 17.0 Å². The van der Waals surface area contributed by atoms with Gasteiger partial charge in [0.1, 0.15) is 17.7 Å². The highest BCUT2D eigenvalue weighted by atomic mass is 16.6. The molecule has 7 heteroatoms. The van der Waals surface area contributed by atoms with Crippen molar-refractivity contribution in [3.8, 4) is 23.3 Å². The van der Waals surface area contributed by atoms with Gasteiger partial charge in [-0.25, -0.2) is 4.79 Å². The number of fused-ring (bicyclic) bond motifs is 3. The van der Waals surface area contributed by atoms with E-state index < -0.39 is 23.8 Å². The first kappa shape index (κ1) is 25.3. The number of hydrogen-bond donors (Lipinski definition) is 1. The standard InChI is InChI=1S/C29H32N4O3/c1-29(2,3)36-28(35)33-25-14-12-23(13-15-25)26(33)27(34)32-24(18-31)16-19-4-8-21(9-5-19)22-10-6-20(17-30)7-11-22/h4-11,23-26H,12-16H2,1-3H3,(H,32,34)/t23?,24-,25?,26-/m0/s1. The van der Waals surface area contributed by atoms with Crippen LogP contribution in [-0.2, 0) is 16.0 Å². The lowest BCUT2D eigenvalue weighted by Gasteiger charge is -2.50. The third-order valence-corrected chi connectivity index (χ3v) is 6.97. The van der Waals surface area contributed by atoms with Crippen molar-refractivity contribution in [2.75, 3.05) is 0 Å². The third kappa shape index (κ3) is 5.69. The molecule has 1 aliphatic carbocycles. The average Bonchev–Trinajstić information content (AvgIpc) is 2.87. The molecule has 5 rings (SSSR count). The van der Waals surface area contributed by atoms with Crippen LogP contribution >= 0.6 is 0 Å². The van der Waals surface area contributed by atoms with Gasteiger partial charge in [-0.05, 0) is 81.2 Å². The van der Waals surface area contributed by atoms with E-state index in [2.05, 4.69) is 17.5 Å². The van der Waals surface area contributed by atoms with Crippen molar-refractivity contribution in [3.05, 3.63) is 59.7 Å². The van der Waals surface area contributed by atoms with Gasteiger partial charge in [-0.3, -0.25) is 9.69 Å². The normalized spacial score (nSPS) is 21.7. The Kier molecular flexibility index (Phi) is 7.31. The highest BCUT2D eigenvalue weighted by molar-refractivity contribution is 5.87. The van der Waals surface area contributed by atoms with Gasteiger partial charge in [-0.15, -0.1) is 0 Å². The predicted octanol–water partition coefficient (Wildman–Crippen LogP) is 4.95. The van der Waals surface area contributed by atoms with Crippen LogP contribution in [0.25, 0.3) is 11.1 Å². The zero-order chi connectivity index (χ0) is 25.9. The van der Waals surface area contributed by atoms with Crippen LogP contribution in [0.5, 0.6) is 0 Å². The molecular weight excluding hydrogens is 452 g/mol. The van der Waals surface area contributed by atoms with E-state index >= 15 is 0 Å². The van der Waals surface area contributed by atoms with Crippen LogP contribution in [0.3, 0.4) is 0 Å². The Morgan fingerprint density at radius 2 is 1.58 bits per heavy atom. The summed E-state index contributed by atoms with van der Waals surface area (Å²) in [6, 6.07) is 18.2. The average molecular weight is 485 g/mol. The maximum atomic E-state index is 13.4. The quantitative estimate of drug-likeness (QED) is 0.646. The number of carbonyl (C=O) groups is 2. The van der Waals surface area contributed by atoms with E-state index in [1.165, 1.54) is 0 Å². The molecule has 186 valence electrons. The first-order valence-corrected chi connectivity index (χ1v) is 12.5. The van der Waals surface area contributed by atoms with E-state index in [0.717, 1.165) is 42.4 Å². The summed E-state index contributed by atoms with van der Waals surface area (Å²) < 4.78 is 5.62. The van der Waals surface area contributed by atoms with E-state index in [0.29, 0.717) is 12.0 Å². The van der Waals surface area contributed by atoms with Gasteiger partial charge in [0.05, 0.1) is 17.7 Å². The van der Waals surface area contributed by atoms with Gasteiger partial charge in [-0.2, -0.15) is 10.5 Å². The van der Waals surface area contributed by atoms with E-state index in [-0.39, 0.29) is 17.9 Å². The fourth-order valence-corrected chi connectivity index (χ4v) is 5.26. The second-order valence-electron chi connectivity index (χ2n) is 10.7. The van der Waals surface area contributed by atoms with E-state index in [9.17, 15) is 14.9 Å². The summed E-state index contributed by atoms with van der Waals surface area (Å²) in [6.07, 6.45) is 3.46. The number of amides is 2. The predicted molar refractivity (Wildman–Crippen MR) is 135 cm³/mol. The van der Waals surface area contributed by atoms with Crippen LogP contribution in [0.4, 0.5) is 4.79 Å². The molecule has 2 heterocycles. The second kappa shape index (κ2) is 10.4. The minimum atomic E-state index is -0.709. The Morgan fingerprint density at radius 3 is 2.11 bits per heavy atom. The Bertz CT molecular complexity index is 1180. The topological polar surface area (TPSA) is 106 Å². The summed E-state index contributed by atoms with van der Waals surface area (Å²) >= 11 is 0. The second-order valence-corrected chi connectivity index (χ2v) is 10.7. The van der Waals surface area contributed by atoms with Gasteiger partial charge in [-0.1, -0.05) is 36.4 Å². The first-order chi connectivity index (χ1) is 17.2. The molecule has 1 N–H and O–H groups in total. The van der Waals surface area contributed by atoms with Crippen molar-refractivity contribution >= 4 is 12.0 Å². The zero-order valence-corrected chi connectivity index (χ0v) is 21.0. The number of carbonyl (C=O) groups excluding carboxylic acids is 2. The Morgan fingerprint density at radius 1 is 1.00 bits per heavy atom. The number of benzene rings is 2. The highest BCUT2D eigenvalue weighted by Crippen LogP contribution is 2.40. The van der Waals surface area contributed by atoms with Gasteiger partial charge in [0.25, 0.3) is 0 Å². The van der Waals surface area contributed by atoms with Crippen LogP contribution in [-0.4, -0.2) is 40.6 Å². The molecule has 3 aliphatic rings. The zero-order valence-electron chi connectivity index (χ0n) is 21.0. The molecule has 2 amide bonds. The van der Waals surface area contributed by atoms with Crippen molar-refractivity contribution in [2.45, 2.75) is 76.6 Å². The smallest absolute Gasteiger partial charge is 0.411 e. The molecule has 2 bridgehead atoms. The molecule has 1 saturated carbocycles. The molecule has 2 aromatic carbocycles. The number of nitrogens with one attached hydrogen (secondary N) is 1. The van der Waals surface area contributed by atoms with E-state index in [1.807, 2.05) is 57.2 Å². The van der Waals surface area contributed by atoms with Gasteiger partial charge >= 0.3 is 6.09 Å². The summed E-state index contributed by atoms with van der Waals surface area (Å²) in [6.45, 7) is 5.46. The maximum Gasteiger partial charge on any atom is 0.411 e. The molecule has 7 nitrogen and oxygen atoms in total. The molecular formula is C29H32N4O3. The van der Waals surface area contributed by atoms with Gasteiger partial charge < -0.3 is 10.1 Å². The van der Waals surface area contributed by atoms with Crippen molar-refractivity contribution in [2.24, 2.45) is 5.92 Å². The lowest BCUT2D eigenvalue weighted by Crippen LogP contribution is -2.64. The molecule has 2 saturated heterocycles. The molecule has 3 fully saturated rings. The monoisotopic (exact) mass is 484 g/mol.